The van der Waals surface area contributed by atoms with Gasteiger partial charge in [0.15, 0.2) is 0 Å². The van der Waals surface area contributed by atoms with Crippen molar-refractivity contribution in [3.63, 3.8) is 0 Å². The number of carbonyl (C=O) groups excluding carboxylic acids is 2. The molecule has 32 heavy (non-hydrogen) atoms. The smallest absolute Gasteiger partial charge is 0.246 e. The minimum atomic E-state index is -0.462. The molecule has 5 heteroatoms. The summed E-state index contributed by atoms with van der Waals surface area (Å²) >= 11 is 0. The molecule has 0 radical (unpaired) electrons. The van der Waals surface area contributed by atoms with Crippen LogP contribution in [0.2, 0.25) is 0 Å². The molecule has 2 amide bonds. The van der Waals surface area contributed by atoms with E-state index < -0.39 is 6.04 Å². The molecule has 3 heterocycles. The lowest BCUT2D eigenvalue weighted by Crippen LogP contribution is -2.63. The van der Waals surface area contributed by atoms with Gasteiger partial charge in [0.1, 0.15) is 6.04 Å². The number of hydrogen-bond donors (Lipinski definition) is 1. The fraction of sp³-hybridized carbons (Fsp3) is 0.407. The van der Waals surface area contributed by atoms with E-state index in [1.165, 1.54) is 5.56 Å². The molecule has 1 saturated heterocycles. The predicted octanol–water partition coefficient (Wildman–Crippen LogP) is 4.63. The number of para-hydroxylation sites is 1. The summed E-state index contributed by atoms with van der Waals surface area (Å²) in [6.07, 6.45) is 0.555. The standard InChI is InChI=1S/C27H31N3O2/c1-16(2)14-29-15-24(31)30-23(27(29)32)13-21-20-7-5-6-8-22(20)28-25(21)26(30)19-11-9-18(10-12-19)17(3)4/h5-12,16-17,23,26,28H,13-15H2,1-4H3. The van der Waals surface area contributed by atoms with Crippen molar-refractivity contribution in [1.82, 2.24) is 14.8 Å². The van der Waals surface area contributed by atoms with Crippen LogP contribution in [0.1, 0.15) is 62.0 Å². The van der Waals surface area contributed by atoms with E-state index in [9.17, 15) is 9.59 Å². The lowest BCUT2D eigenvalue weighted by Gasteiger charge is -2.47. The third-order valence-corrected chi connectivity index (χ3v) is 6.85. The van der Waals surface area contributed by atoms with Gasteiger partial charge in [-0.15, -0.1) is 0 Å². The van der Waals surface area contributed by atoms with E-state index in [1.807, 2.05) is 17.0 Å². The molecular weight excluding hydrogens is 398 g/mol. The highest BCUT2D eigenvalue weighted by molar-refractivity contribution is 5.97. The molecule has 0 spiro atoms. The molecule has 5 rings (SSSR count). The number of nitrogens with zero attached hydrogens (tertiary/aromatic N) is 2. The van der Waals surface area contributed by atoms with Gasteiger partial charge in [0.25, 0.3) is 0 Å². The minimum Gasteiger partial charge on any atom is -0.356 e. The molecule has 2 atom stereocenters. The number of piperazine rings is 1. The van der Waals surface area contributed by atoms with Gasteiger partial charge in [0, 0.05) is 29.6 Å². The number of hydrogen-bond acceptors (Lipinski definition) is 2. The number of fused-ring (bicyclic) bond motifs is 4. The Balaban J connectivity index is 1.65. The highest BCUT2D eigenvalue weighted by atomic mass is 16.2. The molecule has 2 unspecified atom stereocenters. The number of rotatable bonds is 4. The molecule has 2 aliphatic heterocycles. The zero-order valence-electron chi connectivity index (χ0n) is 19.3. The Bertz CT molecular complexity index is 1180. The van der Waals surface area contributed by atoms with E-state index in [2.05, 4.69) is 69.1 Å². The van der Waals surface area contributed by atoms with Crippen molar-refractivity contribution in [3.05, 3.63) is 70.9 Å². The third-order valence-electron chi connectivity index (χ3n) is 6.85. The molecular formula is C27H31N3O2. The van der Waals surface area contributed by atoms with Crippen LogP contribution in [0.5, 0.6) is 0 Å². The Kier molecular flexibility index (Phi) is 5.07. The number of aromatic nitrogens is 1. The second-order valence-electron chi connectivity index (χ2n) is 9.92. The summed E-state index contributed by atoms with van der Waals surface area (Å²) in [5, 5.41) is 1.15. The van der Waals surface area contributed by atoms with Crippen molar-refractivity contribution in [3.8, 4) is 0 Å². The van der Waals surface area contributed by atoms with Gasteiger partial charge in [-0.25, -0.2) is 0 Å². The summed E-state index contributed by atoms with van der Waals surface area (Å²) < 4.78 is 0. The van der Waals surface area contributed by atoms with Gasteiger partial charge in [-0.05, 0) is 34.6 Å². The quantitative estimate of drug-likeness (QED) is 0.657. The largest absolute Gasteiger partial charge is 0.356 e. The van der Waals surface area contributed by atoms with E-state index in [1.54, 1.807) is 4.90 Å². The maximum atomic E-state index is 13.6. The average molecular weight is 430 g/mol. The molecule has 0 bridgehead atoms. The Morgan fingerprint density at radius 1 is 1.00 bits per heavy atom. The van der Waals surface area contributed by atoms with Crippen LogP contribution in [0.15, 0.2) is 48.5 Å². The lowest BCUT2D eigenvalue weighted by atomic mass is 9.85. The summed E-state index contributed by atoms with van der Waals surface area (Å²) in [4.78, 5) is 34.2. The monoisotopic (exact) mass is 429 g/mol. The van der Waals surface area contributed by atoms with Crippen molar-refractivity contribution in [2.45, 2.75) is 52.1 Å². The molecule has 3 aromatic rings. The van der Waals surface area contributed by atoms with Gasteiger partial charge >= 0.3 is 0 Å². The number of carbonyl (C=O) groups is 2. The fourth-order valence-electron chi connectivity index (χ4n) is 5.33. The van der Waals surface area contributed by atoms with E-state index in [4.69, 9.17) is 0 Å². The summed E-state index contributed by atoms with van der Waals surface area (Å²) in [6.45, 7) is 9.30. The fourth-order valence-corrected chi connectivity index (χ4v) is 5.33. The first-order chi connectivity index (χ1) is 15.3. The van der Waals surface area contributed by atoms with Crippen molar-refractivity contribution in [2.24, 2.45) is 5.92 Å². The van der Waals surface area contributed by atoms with Crippen molar-refractivity contribution < 1.29 is 9.59 Å². The maximum Gasteiger partial charge on any atom is 0.246 e. The number of nitrogens with one attached hydrogen (secondary N) is 1. The Morgan fingerprint density at radius 2 is 1.72 bits per heavy atom. The highest BCUT2D eigenvalue weighted by Gasteiger charge is 2.48. The first-order valence-electron chi connectivity index (χ1n) is 11.6. The Hall–Kier alpha value is -3.08. The van der Waals surface area contributed by atoms with Crippen LogP contribution in [0.4, 0.5) is 0 Å². The van der Waals surface area contributed by atoms with Crippen molar-refractivity contribution in [2.75, 3.05) is 13.1 Å². The van der Waals surface area contributed by atoms with E-state index in [0.717, 1.165) is 27.7 Å². The SMILES string of the molecule is CC(C)CN1CC(=O)N2C(Cc3c([nH]c4ccccc34)C2c2ccc(C(C)C)cc2)C1=O. The van der Waals surface area contributed by atoms with Gasteiger partial charge in [-0.3, -0.25) is 9.59 Å². The van der Waals surface area contributed by atoms with Crippen molar-refractivity contribution >= 4 is 22.7 Å². The highest BCUT2D eigenvalue weighted by Crippen LogP contribution is 2.42. The number of amides is 2. The molecule has 2 aromatic carbocycles. The molecule has 1 fully saturated rings. The topological polar surface area (TPSA) is 56.4 Å². The van der Waals surface area contributed by atoms with Crippen LogP contribution in [-0.2, 0) is 16.0 Å². The number of aromatic amines is 1. The zero-order valence-corrected chi connectivity index (χ0v) is 19.3. The van der Waals surface area contributed by atoms with Gasteiger partial charge in [-0.1, -0.05) is 70.2 Å². The second kappa shape index (κ2) is 7.80. The molecule has 1 aromatic heterocycles. The van der Waals surface area contributed by atoms with Gasteiger partial charge < -0.3 is 14.8 Å². The summed E-state index contributed by atoms with van der Waals surface area (Å²) in [5.41, 5.74) is 5.57. The molecule has 166 valence electrons. The summed E-state index contributed by atoms with van der Waals surface area (Å²) in [7, 11) is 0. The van der Waals surface area contributed by atoms with Gasteiger partial charge in [0.2, 0.25) is 11.8 Å². The first-order valence-corrected chi connectivity index (χ1v) is 11.6. The molecule has 2 aliphatic rings. The van der Waals surface area contributed by atoms with Crippen LogP contribution < -0.4 is 0 Å². The molecule has 5 nitrogen and oxygen atoms in total. The minimum absolute atomic E-state index is 0.0255. The first kappa shape index (κ1) is 20.8. The van der Waals surface area contributed by atoms with Crippen LogP contribution in [0.3, 0.4) is 0 Å². The Morgan fingerprint density at radius 3 is 2.41 bits per heavy atom. The zero-order chi connectivity index (χ0) is 22.6. The van der Waals surface area contributed by atoms with Crippen LogP contribution in [0, 0.1) is 5.92 Å². The van der Waals surface area contributed by atoms with Crippen LogP contribution >= 0.6 is 0 Å². The number of H-pyrrole nitrogens is 1. The maximum absolute atomic E-state index is 13.6. The predicted molar refractivity (Wildman–Crippen MR) is 126 cm³/mol. The average Bonchev–Trinajstić information content (AvgIpc) is 3.14. The lowest BCUT2D eigenvalue weighted by molar-refractivity contribution is -0.159. The van der Waals surface area contributed by atoms with E-state index in [-0.39, 0.29) is 24.4 Å². The molecule has 0 aliphatic carbocycles. The second-order valence-corrected chi connectivity index (χ2v) is 9.92. The van der Waals surface area contributed by atoms with Gasteiger partial charge in [0.05, 0.1) is 12.6 Å². The Labute approximate surface area is 189 Å². The normalized spacial score (nSPS) is 20.9. The van der Waals surface area contributed by atoms with Crippen LogP contribution in [-0.4, -0.2) is 45.7 Å². The third kappa shape index (κ3) is 3.31. The van der Waals surface area contributed by atoms with Crippen molar-refractivity contribution in [1.29, 1.82) is 0 Å². The van der Waals surface area contributed by atoms with Gasteiger partial charge in [-0.2, -0.15) is 0 Å². The molecule has 0 saturated carbocycles. The summed E-state index contributed by atoms with van der Waals surface area (Å²) in [5.74, 6) is 0.856. The van der Waals surface area contributed by atoms with E-state index >= 15 is 0 Å². The van der Waals surface area contributed by atoms with E-state index in [0.29, 0.717) is 24.8 Å². The number of benzene rings is 2. The molecule has 1 N–H and O–H groups in total. The summed E-state index contributed by atoms with van der Waals surface area (Å²) in [6, 6.07) is 16.0. The van der Waals surface area contributed by atoms with Crippen LogP contribution in [0.25, 0.3) is 10.9 Å².